The third kappa shape index (κ3) is 3.95. The smallest absolute Gasteiger partial charge is 0.451 e. The van der Waals surface area contributed by atoms with E-state index in [0.717, 1.165) is 38.9 Å². The van der Waals surface area contributed by atoms with Gasteiger partial charge in [-0.15, -0.1) is 21.5 Å². The number of carbonyl (C=O) groups excluding carboxylic acids is 1. The molecular weight excluding hydrogens is 471 g/mol. The van der Waals surface area contributed by atoms with Gasteiger partial charge in [0.15, 0.2) is 5.82 Å². The van der Waals surface area contributed by atoms with Crippen molar-refractivity contribution < 1.29 is 22.7 Å². The number of fused-ring (bicyclic) bond motifs is 2. The third-order valence-electron chi connectivity index (χ3n) is 6.20. The number of aryl methyl sites for hydroxylation is 1. The Hall–Kier alpha value is -2.96. The lowest BCUT2D eigenvalue weighted by Crippen LogP contribution is -2.39. The van der Waals surface area contributed by atoms with Crippen LogP contribution in [0.1, 0.15) is 42.7 Å². The van der Waals surface area contributed by atoms with Crippen molar-refractivity contribution in [1.82, 2.24) is 24.7 Å². The Morgan fingerprint density at radius 2 is 2.06 bits per heavy atom. The molecule has 0 bridgehead atoms. The number of alkyl halides is 3. The van der Waals surface area contributed by atoms with Gasteiger partial charge in [-0.1, -0.05) is 13.3 Å². The minimum atomic E-state index is -4.55. The van der Waals surface area contributed by atoms with Gasteiger partial charge in [0.25, 0.3) is 0 Å². The number of ether oxygens (including phenoxy) is 1. The molecule has 0 N–H and O–H groups in total. The van der Waals surface area contributed by atoms with E-state index < -0.39 is 18.0 Å². The van der Waals surface area contributed by atoms with E-state index in [-0.39, 0.29) is 24.9 Å². The first kappa shape index (κ1) is 22.8. The van der Waals surface area contributed by atoms with Gasteiger partial charge in [0, 0.05) is 24.5 Å². The Balaban J connectivity index is 1.56. The number of methoxy groups -OCH3 is 1. The number of carbonyl (C=O) groups is 1. The molecule has 182 valence electrons. The molecule has 0 aliphatic carbocycles. The molecule has 0 radical (unpaired) electrons. The maximum Gasteiger partial charge on any atom is 0.451 e. The van der Waals surface area contributed by atoms with Crippen LogP contribution in [0.3, 0.4) is 0 Å². The van der Waals surface area contributed by atoms with E-state index in [9.17, 15) is 18.0 Å². The van der Waals surface area contributed by atoms with Crippen LogP contribution in [-0.2, 0) is 35.2 Å². The van der Waals surface area contributed by atoms with Gasteiger partial charge in [-0.2, -0.15) is 18.2 Å². The van der Waals surface area contributed by atoms with Crippen LogP contribution in [0, 0.1) is 0 Å². The average Bonchev–Trinajstić information content (AvgIpc) is 3.54. The highest BCUT2D eigenvalue weighted by atomic mass is 32.1. The number of nitrogens with zero attached hydrogens (tertiary/aromatic N) is 7. The SMILES string of the molecule is CCCc1cc2c(N3CCn4c(nnc4C(F)(F)F)C3)nc(N3CCC[C@H]3C(=O)OC)nc2s1. The van der Waals surface area contributed by atoms with Crippen LogP contribution in [0.25, 0.3) is 10.2 Å². The molecule has 0 aromatic carbocycles. The number of thiophene rings is 1. The molecule has 34 heavy (non-hydrogen) atoms. The molecule has 0 amide bonds. The summed E-state index contributed by atoms with van der Waals surface area (Å²) in [6.45, 7) is 3.29. The standard InChI is InChI=1S/C21H24F3N7O2S/c1-3-5-12-10-13-16(29-8-9-31-15(11-29)27-28-19(31)21(22,23)24)25-20(26-17(13)34-12)30-7-4-6-14(30)18(32)33-2/h10,14H,3-9,11H2,1-2H3/t14-/m0/s1. The molecule has 0 saturated carbocycles. The predicted octanol–water partition coefficient (Wildman–Crippen LogP) is 3.42. The molecule has 9 nitrogen and oxygen atoms in total. The number of anilines is 2. The van der Waals surface area contributed by atoms with Crippen molar-refractivity contribution in [3.05, 3.63) is 22.6 Å². The minimum absolute atomic E-state index is 0.0957. The maximum atomic E-state index is 13.3. The Morgan fingerprint density at radius 3 is 2.79 bits per heavy atom. The zero-order chi connectivity index (χ0) is 24.0. The Labute approximate surface area is 197 Å². The van der Waals surface area contributed by atoms with Gasteiger partial charge in [-0.05, 0) is 25.3 Å². The fraction of sp³-hybridized carbons (Fsp3) is 0.571. The average molecular weight is 496 g/mol. The third-order valence-corrected chi connectivity index (χ3v) is 7.29. The van der Waals surface area contributed by atoms with Crippen molar-refractivity contribution >= 4 is 39.3 Å². The van der Waals surface area contributed by atoms with Crippen LogP contribution < -0.4 is 9.80 Å². The summed E-state index contributed by atoms with van der Waals surface area (Å²) in [5, 5.41) is 8.03. The molecule has 1 atom stereocenters. The van der Waals surface area contributed by atoms with E-state index in [1.807, 2.05) is 9.80 Å². The highest BCUT2D eigenvalue weighted by Crippen LogP contribution is 2.37. The summed E-state index contributed by atoms with van der Waals surface area (Å²) in [7, 11) is 1.36. The molecule has 0 spiro atoms. The van der Waals surface area contributed by atoms with Gasteiger partial charge in [0.1, 0.15) is 16.7 Å². The molecule has 3 aromatic rings. The molecule has 0 unspecified atom stereocenters. The molecule has 1 fully saturated rings. The molecule has 5 rings (SSSR count). The lowest BCUT2D eigenvalue weighted by Gasteiger charge is -2.30. The number of hydrogen-bond acceptors (Lipinski definition) is 9. The van der Waals surface area contributed by atoms with Crippen LogP contribution in [0.2, 0.25) is 0 Å². The highest BCUT2D eigenvalue weighted by molar-refractivity contribution is 7.18. The monoisotopic (exact) mass is 495 g/mol. The van der Waals surface area contributed by atoms with Gasteiger partial charge in [0.2, 0.25) is 11.8 Å². The topological polar surface area (TPSA) is 89.3 Å². The van der Waals surface area contributed by atoms with E-state index in [4.69, 9.17) is 14.7 Å². The van der Waals surface area contributed by atoms with E-state index >= 15 is 0 Å². The van der Waals surface area contributed by atoms with Crippen molar-refractivity contribution in [2.24, 2.45) is 0 Å². The van der Waals surface area contributed by atoms with Crippen molar-refractivity contribution in [2.45, 2.75) is 57.9 Å². The number of rotatable bonds is 5. The van der Waals surface area contributed by atoms with Crippen molar-refractivity contribution in [3.63, 3.8) is 0 Å². The second-order valence-corrected chi connectivity index (χ2v) is 9.53. The van der Waals surface area contributed by atoms with E-state index in [0.29, 0.717) is 31.3 Å². The summed E-state index contributed by atoms with van der Waals surface area (Å²) < 4.78 is 45.9. The number of halogens is 3. The fourth-order valence-corrected chi connectivity index (χ4v) is 5.74. The van der Waals surface area contributed by atoms with Crippen LogP contribution in [-0.4, -0.2) is 56.9 Å². The first-order valence-corrected chi connectivity index (χ1v) is 12.0. The Bertz CT molecular complexity index is 1230. The van der Waals surface area contributed by atoms with Crippen LogP contribution >= 0.6 is 11.3 Å². The van der Waals surface area contributed by atoms with Gasteiger partial charge < -0.3 is 19.1 Å². The highest BCUT2D eigenvalue weighted by Gasteiger charge is 2.40. The van der Waals surface area contributed by atoms with E-state index in [1.165, 1.54) is 7.11 Å². The van der Waals surface area contributed by atoms with Crippen molar-refractivity contribution in [3.8, 4) is 0 Å². The van der Waals surface area contributed by atoms with Crippen LogP contribution in [0.5, 0.6) is 0 Å². The van der Waals surface area contributed by atoms with Gasteiger partial charge in [-0.3, -0.25) is 0 Å². The summed E-state index contributed by atoms with van der Waals surface area (Å²) in [4.78, 5) is 27.7. The van der Waals surface area contributed by atoms with E-state index in [2.05, 4.69) is 23.2 Å². The summed E-state index contributed by atoms with van der Waals surface area (Å²) >= 11 is 1.58. The first-order valence-electron chi connectivity index (χ1n) is 11.2. The van der Waals surface area contributed by atoms with Crippen molar-refractivity contribution in [1.29, 1.82) is 0 Å². The second-order valence-electron chi connectivity index (χ2n) is 8.41. The molecule has 3 aromatic heterocycles. The zero-order valence-electron chi connectivity index (χ0n) is 18.8. The number of hydrogen-bond donors (Lipinski definition) is 0. The largest absolute Gasteiger partial charge is 0.467 e. The predicted molar refractivity (Wildman–Crippen MR) is 120 cm³/mol. The van der Waals surface area contributed by atoms with Crippen LogP contribution in [0.4, 0.5) is 24.9 Å². The molecule has 2 aliphatic rings. The summed E-state index contributed by atoms with van der Waals surface area (Å²) in [5.41, 5.74) is 0. The second kappa shape index (κ2) is 8.67. The summed E-state index contributed by atoms with van der Waals surface area (Å²) in [5.74, 6) is 0.00512. The van der Waals surface area contributed by atoms with Crippen molar-refractivity contribution in [2.75, 3.05) is 30.0 Å². The van der Waals surface area contributed by atoms with Crippen LogP contribution in [0.15, 0.2) is 6.07 Å². The molecule has 2 aliphatic heterocycles. The normalized spacial score (nSPS) is 18.6. The fourth-order valence-electron chi connectivity index (χ4n) is 4.62. The number of aromatic nitrogens is 5. The lowest BCUT2D eigenvalue weighted by atomic mass is 10.2. The summed E-state index contributed by atoms with van der Waals surface area (Å²) in [6, 6.07) is 1.61. The molecule has 5 heterocycles. The van der Waals surface area contributed by atoms with Gasteiger partial charge in [0.05, 0.1) is 19.0 Å². The van der Waals surface area contributed by atoms with Gasteiger partial charge >= 0.3 is 12.1 Å². The number of esters is 1. The van der Waals surface area contributed by atoms with E-state index in [1.54, 1.807) is 11.3 Å². The maximum absolute atomic E-state index is 13.3. The molecule has 1 saturated heterocycles. The molecule has 13 heteroatoms. The Morgan fingerprint density at radius 1 is 1.24 bits per heavy atom. The first-order chi connectivity index (χ1) is 16.3. The lowest BCUT2D eigenvalue weighted by molar-refractivity contribution is -0.147. The Kier molecular flexibility index (Phi) is 5.82. The quantitative estimate of drug-likeness (QED) is 0.498. The zero-order valence-corrected chi connectivity index (χ0v) is 19.6. The summed E-state index contributed by atoms with van der Waals surface area (Å²) in [6.07, 6.45) is -1.21. The molecular formula is C21H24F3N7O2S. The van der Waals surface area contributed by atoms with Gasteiger partial charge in [-0.25, -0.2) is 9.78 Å². The minimum Gasteiger partial charge on any atom is -0.467 e.